The third-order valence-corrected chi connectivity index (χ3v) is 9.72. The minimum Gasteiger partial charge on any atom is -0.352 e. The highest BCUT2D eigenvalue weighted by Gasteiger charge is 2.32. The standard InChI is InChI=1S/C23H33N3O4S2/c1-17-10-12-25(13-11-17)32(29,30)19-8-9-21-20(14-19)26(23(28)16-31-21)15-22(27)24-18-6-4-2-3-5-7-18/h8-9,14,17-18H,2-7,10-13,15-16H2,1H3,(H,24,27). The summed E-state index contributed by atoms with van der Waals surface area (Å²) in [5.41, 5.74) is 0.522. The van der Waals surface area contributed by atoms with Crippen molar-refractivity contribution in [2.45, 2.75) is 74.1 Å². The summed E-state index contributed by atoms with van der Waals surface area (Å²) in [5, 5.41) is 3.09. The van der Waals surface area contributed by atoms with Gasteiger partial charge in [0, 0.05) is 24.0 Å². The Kier molecular flexibility index (Phi) is 7.47. The number of amides is 2. The van der Waals surface area contributed by atoms with Crippen LogP contribution in [-0.4, -0.2) is 56.0 Å². The van der Waals surface area contributed by atoms with Gasteiger partial charge in [-0.3, -0.25) is 9.59 Å². The Hall–Kier alpha value is -1.58. The van der Waals surface area contributed by atoms with Crippen molar-refractivity contribution < 1.29 is 18.0 Å². The van der Waals surface area contributed by atoms with Crippen LogP contribution < -0.4 is 10.2 Å². The zero-order valence-electron chi connectivity index (χ0n) is 18.7. The molecule has 3 aliphatic rings. The SMILES string of the molecule is CC1CCN(S(=O)(=O)c2ccc3c(c2)N(CC(=O)NC2CCCCCC2)C(=O)CS3)CC1. The van der Waals surface area contributed by atoms with E-state index < -0.39 is 10.0 Å². The second-order valence-electron chi connectivity index (χ2n) is 9.24. The molecule has 7 nitrogen and oxygen atoms in total. The molecule has 0 unspecified atom stereocenters. The Bertz CT molecular complexity index is 950. The van der Waals surface area contributed by atoms with E-state index in [0.717, 1.165) is 43.4 Å². The first kappa shape index (κ1) is 23.6. The van der Waals surface area contributed by atoms with Crippen LogP contribution in [0.5, 0.6) is 0 Å². The zero-order chi connectivity index (χ0) is 22.7. The maximum Gasteiger partial charge on any atom is 0.243 e. The van der Waals surface area contributed by atoms with Crippen LogP contribution in [0.2, 0.25) is 0 Å². The Balaban J connectivity index is 1.52. The molecule has 1 aliphatic carbocycles. The van der Waals surface area contributed by atoms with E-state index in [0.29, 0.717) is 24.7 Å². The fourth-order valence-corrected chi connectivity index (χ4v) is 7.14. The van der Waals surface area contributed by atoms with Crippen molar-refractivity contribution in [1.29, 1.82) is 0 Å². The number of nitrogens with zero attached hydrogens (tertiary/aromatic N) is 2. The van der Waals surface area contributed by atoms with Crippen molar-refractivity contribution >= 4 is 39.3 Å². The molecule has 1 aromatic carbocycles. The van der Waals surface area contributed by atoms with Crippen molar-refractivity contribution in [1.82, 2.24) is 9.62 Å². The quantitative estimate of drug-likeness (QED) is 0.654. The maximum absolute atomic E-state index is 13.2. The Labute approximate surface area is 195 Å². The van der Waals surface area contributed by atoms with Crippen LogP contribution in [0, 0.1) is 5.92 Å². The van der Waals surface area contributed by atoms with Crippen molar-refractivity contribution in [3.63, 3.8) is 0 Å². The molecule has 2 heterocycles. The third kappa shape index (κ3) is 5.31. The number of sulfonamides is 1. The van der Waals surface area contributed by atoms with Crippen molar-refractivity contribution in [3.8, 4) is 0 Å². The lowest BCUT2D eigenvalue weighted by Crippen LogP contribution is -2.46. The Morgan fingerprint density at radius 1 is 1.09 bits per heavy atom. The fourth-order valence-electron chi connectivity index (χ4n) is 4.73. The summed E-state index contributed by atoms with van der Waals surface area (Å²) >= 11 is 1.39. The van der Waals surface area contributed by atoms with Gasteiger partial charge in [-0.25, -0.2) is 8.42 Å². The lowest BCUT2D eigenvalue weighted by Gasteiger charge is -2.31. The Morgan fingerprint density at radius 3 is 2.47 bits per heavy atom. The van der Waals surface area contributed by atoms with Crippen LogP contribution >= 0.6 is 11.8 Å². The van der Waals surface area contributed by atoms with Gasteiger partial charge in [-0.1, -0.05) is 32.6 Å². The van der Waals surface area contributed by atoms with E-state index >= 15 is 0 Å². The first-order chi connectivity index (χ1) is 15.3. The molecule has 9 heteroatoms. The highest BCUT2D eigenvalue weighted by Crippen LogP contribution is 2.37. The summed E-state index contributed by atoms with van der Waals surface area (Å²) in [7, 11) is -3.63. The topological polar surface area (TPSA) is 86.8 Å². The van der Waals surface area contributed by atoms with E-state index in [1.54, 1.807) is 18.2 Å². The number of hydrogen-bond donors (Lipinski definition) is 1. The van der Waals surface area contributed by atoms with Crippen LogP contribution in [0.15, 0.2) is 28.0 Å². The van der Waals surface area contributed by atoms with Crippen LogP contribution in [-0.2, 0) is 19.6 Å². The lowest BCUT2D eigenvalue weighted by molar-refractivity contribution is -0.123. The van der Waals surface area contributed by atoms with Gasteiger partial charge in [0.15, 0.2) is 0 Å². The minimum absolute atomic E-state index is 0.0758. The van der Waals surface area contributed by atoms with Gasteiger partial charge in [0.05, 0.1) is 16.3 Å². The highest BCUT2D eigenvalue weighted by atomic mass is 32.2. The molecule has 1 N–H and O–H groups in total. The second kappa shape index (κ2) is 10.1. The molecule has 0 atom stereocenters. The molecule has 1 aromatic rings. The van der Waals surface area contributed by atoms with E-state index in [2.05, 4.69) is 12.2 Å². The number of piperidine rings is 1. The molecule has 2 amide bonds. The van der Waals surface area contributed by atoms with E-state index in [1.165, 1.54) is 33.8 Å². The van der Waals surface area contributed by atoms with E-state index in [4.69, 9.17) is 0 Å². The molecular weight excluding hydrogens is 446 g/mol. The number of nitrogens with one attached hydrogen (secondary N) is 1. The molecule has 4 rings (SSSR count). The van der Waals surface area contributed by atoms with Crippen LogP contribution in [0.4, 0.5) is 5.69 Å². The molecular formula is C23H33N3O4S2. The predicted molar refractivity (Wildman–Crippen MR) is 126 cm³/mol. The second-order valence-corrected chi connectivity index (χ2v) is 12.2. The Morgan fingerprint density at radius 2 is 1.78 bits per heavy atom. The first-order valence-corrected chi connectivity index (χ1v) is 14.1. The number of anilines is 1. The molecule has 2 aliphatic heterocycles. The first-order valence-electron chi connectivity index (χ1n) is 11.7. The van der Waals surface area contributed by atoms with Gasteiger partial charge < -0.3 is 10.2 Å². The lowest BCUT2D eigenvalue weighted by atomic mass is 10.0. The monoisotopic (exact) mass is 479 g/mol. The van der Waals surface area contributed by atoms with Gasteiger partial charge in [-0.2, -0.15) is 4.31 Å². The third-order valence-electron chi connectivity index (χ3n) is 6.78. The summed E-state index contributed by atoms with van der Waals surface area (Å²) in [4.78, 5) is 27.9. The summed E-state index contributed by atoms with van der Waals surface area (Å²) in [6, 6.07) is 5.12. The largest absolute Gasteiger partial charge is 0.352 e. The number of thioether (sulfide) groups is 1. The number of rotatable bonds is 5. The van der Waals surface area contributed by atoms with E-state index in [-0.39, 0.29) is 35.0 Å². The summed E-state index contributed by atoms with van der Waals surface area (Å²) < 4.78 is 28.0. The predicted octanol–water partition coefficient (Wildman–Crippen LogP) is 3.38. The molecule has 32 heavy (non-hydrogen) atoms. The van der Waals surface area contributed by atoms with Gasteiger partial charge in [-0.15, -0.1) is 11.8 Å². The number of carbonyl (C=O) groups excluding carboxylic acids is 2. The number of benzene rings is 1. The maximum atomic E-state index is 13.2. The van der Waals surface area contributed by atoms with Gasteiger partial charge >= 0.3 is 0 Å². The van der Waals surface area contributed by atoms with Gasteiger partial charge in [0.2, 0.25) is 21.8 Å². The van der Waals surface area contributed by atoms with Gasteiger partial charge in [-0.05, 0) is 49.8 Å². The smallest absolute Gasteiger partial charge is 0.243 e. The van der Waals surface area contributed by atoms with E-state index in [1.807, 2.05) is 0 Å². The van der Waals surface area contributed by atoms with Crippen LogP contribution in [0.25, 0.3) is 0 Å². The minimum atomic E-state index is -3.63. The van der Waals surface area contributed by atoms with E-state index in [9.17, 15) is 18.0 Å². The van der Waals surface area contributed by atoms with Gasteiger partial charge in [0.25, 0.3) is 0 Å². The van der Waals surface area contributed by atoms with Crippen molar-refractivity contribution in [3.05, 3.63) is 18.2 Å². The molecule has 1 saturated heterocycles. The molecule has 1 saturated carbocycles. The fraction of sp³-hybridized carbons (Fsp3) is 0.652. The van der Waals surface area contributed by atoms with Crippen molar-refractivity contribution in [2.24, 2.45) is 5.92 Å². The molecule has 0 spiro atoms. The molecule has 176 valence electrons. The van der Waals surface area contributed by atoms with Gasteiger partial charge in [0.1, 0.15) is 6.54 Å². The molecule has 0 radical (unpaired) electrons. The summed E-state index contributed by atoms with van der Waals surface area (Å²) in [5.74, 6) is 0.433. The molecule has 0 bridgehead atoms. The van der Waals surface area contributed by atoms with Crippen LogP contribution in [0.1, 0.15) is 58.3 Å². The summed E-state index contributed by atoms with van der Waals surface area (Å²) in [6.07, 6.45) is 8.29. The number of hydrogen-bond acceptors (Lipinski definition) is 5. The molecule has 0 aromatic heterocycles. The number of carbonyl (C=O) groups is 2. The number of fused-ring (bicyclic) bond motifs is 1. The molecule has 2 fully saturated rings. The average molecular weight is 480 g/mol. The van der Waals surface area contributed by atoms with Crippen molar-refractivity contribution in [2.75, 3.05) is 30.3 Å². The highest BCUT2D eigenvalue weighted by molar-refractivity contribution is 8.00. The summed E-state index contributed by atoms with van der Waals surface area (Å²) in [6.45, 7) is 3.10. The van der Waals surface area contributed by atoms with Crippen LogP contribution in [0.3, 0.4) is 0 Å². The zero-order valence-corrected chi connectivity index (χ0v) is 20.3. The average Bonchev–Trinajstić information content (AvgIpc) is 3.04. The normalized spacial score (nSPS) is 21.8.